The third-order valence-electron chi connectivity index (χ3n) is 4.31. The minimum atomic E-state index is -4.70. The van der Waals surface area contributed by atoms with Gasteiger partial charge in [-0.05, 0) is 24.3 Å². The van der Waals surface area contributed by atoms with Crippen LogP contribution in [0, 0.1) is 5.82 Å². The molecule has 4 rings (SSSR count). The second-order valence-electron chi connectivity index (χ2n) is 6.55. The van der Waals surface area contributed by atoms with Crippen molar-refractivity contribution in [1.82, 2.24) is 19.7 Å². The maximum Gasteiger partial charge on any atom is 0.435 e. The van der Waals surface area contributed by atoms with Crippen LogP contribution in [0.1, 0.15) is 16.2 Å². The molecule has 170 valence electrons. The van der Waals surface area contributed by atoms with E-state index in [9.17, 15) is 22.4 Å². The summed E-state index contributed by atoms with van der Waals surface area (Å²) in [6.07, 6.45) is -2.45. The molecule has 13 heteroatoms. The van der Waals surface area contributed by atoms with E-state index in [0.717, 1.165) is 29.1 Å². The molecular weight excluding hydrogens is 450 g/mol. The average molecular weight is 463 g/mol. The Bertz CT molecular complexity index is 1330. The van der Waals surface area contributed by atoms with E-state index in [1.165, 1.54) is 31.5 Å². The number of furan rings is 1. The number of carbonyl (C=O) groups is 1. The van der Waals surface area contributed by atoms with Crippen LogP contribution >= 0.6 is 0 Å². The van der Waals surface area contributed by atoms with Gasteiger partial charge < -0.3 is 19.6 Å². The number of benzene rings is 1. The van der Waals surface area contributed by atoms with E-state index in [1.807, 2.05) is 0 Å². The molecule has 0 amide bonds. The van der Waals surface area contributed by atoms with Gasteiger partial charge in [0.2, 0.25) is 11.7 Å². The standard InChI is InChI=1S/C20H13F4N5O4/c1-32-12-7-10(21)6-11(8-12)26-19-25-9-13(14-2-3-15(33-14)18(30)31)17(27-19)29-5-4-16(28-29)20(22,23)24/h2-9H,1H3,(H,30,31)(H,25,26,27). The first-order valence-corrected chi connectivity index (χ1v) is 9.09. The molecule has 0 bridgehead atoms. The Labute approximate surface area is 182 Å². The molecule has 0 unspecified atom stereocenters. The first-order valence-electron chi connectivity index (χ1n) is 9.09. The number of nitrogens with one attached hydrogen (secondary N) is 1. The van der Waals surface area contributed by atoms with Crippen LogP contribution in [0.25, 0.3) is 17.1 Å². The number of methoxy groups -OCH3 is 1. The first-order chi connectivity index (χ1) is 15.6. The zero-order chi connectivity index (χ0) is 23.8. The van der Waals surface area contributed by atoms with E-state index in [-0.39, 0.29) is 40.3 Å². The highest BCUT2D eigenvalue weighted by atomic mass is 19.4. The SMILES string of the molecule is COc1cc(F)cc(Nc2ncc(-c3ccc(C(=O)O)o3)c(-n3ccc(C(F)(F)F)n3)n2)c1. The number of ether oxygens (including phenoxy) is 1. The Balaban J connectivity index is 1.80. The lowest BCUT2D eigenvalue weighted by Crippen LogP contribution is -2.09. The molecule has 2 N–H and O–H groups in total. The largest absolute Gasteiger partial charge is 0.497 e. The highest BCUT2D eigenvalue weighted by Gasteiger charge is 2.34. The van der Waals surface area contributed by atoms with Crippen molar-refractivity contribution in [1.29, 1.82) is 0 Å². The third-order valence-corrected chi connectivity index (χ3v) is 4.31. The molecule has 0 saturated carbocycles. The van der Waals surface area contributed by atoms with Crippen LogP contribution in [-0.2, 0) is 6.18 Å². The molecule has 0 aliphatic carbocycles. The van der Waals surface area contributed by atoms with Crippen LogP contribution in [0.4, 0.5) is 29.2 Å². The number of carboxylic acids is 1. The molecule has 4 aromatic rings. The van der Waals surface area contributed by atoms with Gasteiger partial charge in [-0.15, -0.1) is 0 Å². The number of aromatic nitrogens is 4. The van der Waals surface area contributed by atoms with Crippen LogP contribution < -0.4 is 10.1 Å². The van der Waals surface area contributed by atoms with Gasteiger partial charge in [0.15, 0.2) is 11.5 Å². The van der Waals surface area contributed by atoms with Crippen molar-refractivity contribution in [2.75, 3.05) is 12.4 Å². The van der Waals surface area contributed by atoms with E-state index in [1.54, 1.807) is 0 Å². The molecule has 9 nitrogen and oxygen atoms in total. The summed E-state index contributed by atoms with van der Waals surface area (Å²) in [4.78, 5) is 19.4. The van der Waals surface area contributed by atoms with Crippen molar-refractivity contribution in [2.45, 2.75) is 6.18 Å². The van der Waals surface area contributed by atoms with Gasteiger partial charge in [-0.25, -0.2) is 18.9 Å². The Kier molecular flexibility index (Phi) is 5.45. The molecule has 0 spiro atoms. The third kappa shape index (κ3) is 4.61. The van der Waals surface area contributed by atoms with E-state index >= 15 is 0 Å². The van der Waals surface area contributed by atoms with Crippen molar-refractivity contribution in [3.05, 3.63) is 66.1 Å². The lowest BCUT2D eigenvalue weighted by atomic mass is 10.2. The molecule has 0 radical (unpaired) electrons. The van der Waals surface area contributed by atoms with Gasteiger partial charge >= 0.3 is 12.1 Å². The molecule has 1 aromatic carbocycles. The van der Waals surface area contributed by atoms with Crippen LogP contribution in [0.2, 0.25) is 0 Å². The summed E-state index contributed by atoms with van der Waals surface area (Å²) in [6, 6.07) is 6.99. The van der Waals surface area contributed by atoms with E-state index in [2.05, 4.69) is 20.4 Å². The number of carboxylic acid groups (broad SMARTS) is 1. The fourth-order valence-electron chi connectivity index (χ4n) is 2.85. The van der Waals surface area contributed by atoms with Gasteiger partial charge in [-0.1, -0.05) is 0 Å². The van der Waals surface area contributed by atoms with Gasteiger partial charge in [0, 0.05) is 30.2 Å². The number of anilines is 2. The highest BCUT2D eigenvalue weighted by Crippen LogP contribution is 2.31. The van der Waals surface area contributed by atoms with Crippen LogP contribution in [0.3, 0.4) is 0 Å². The fraction of sp³-hybridized carbons (Fsp3) is 0.100. The normalized spacial score (nSPS) is 11.4. The minimum Gasteiger partial charge on any atom is -0.497 e. The zero-order valence-corrected chi connectivity index (χ0v) is 16.6. The number of aromatic carboxylic acids is 1. The maximum atomic E-state index is 13.8. The Morgan fingerprint density at radius 1 is 1.21 bits per heavy atom. The number of hydrogen-bond donors (Lipinski definition) is 2. The summed E-state index contributed by atoms with van der Waals surface area (Å²) >= 11 is 0. The monoisotopic (exact) mass is 463 g/mol. The highest BCUT2D eigenvalue weighted by molar-refractivity contribution is 5.85. The summed E-state index contributed by atoms with van der Waals surface area (Å²) < 4.78 is 64.0. The molecule has 0 atom stereocenters. The van der Waals surface area contributed by atoms with Crippen molar-refractivity contribution in [2.24, 2.45) is 0 Å². The van der Waals surface area contributed by atoms with Crippen molar-refractivity contribution in [3.8, 4) is 22.9 Å². The Morgan fingerprint density at radius 2 is 2.00 bits per heavy atom. The minimum absolute atomic E-state index is 0.00886. The fourth-order valence-corrected chi connectivity index (χ4v) is 2.85. The van der Waals surface area contributed by atoms with E-state index < -0.39 is 23.7 Å². The predicted octanol–water partition coefficient (Wildman–Crippen LogP) is 4.53. The van der Waals surface area contributed by atoms with Gasteiger partial charge in [-0.3, -0.25) is 0 Å². The summed E-state index contributed by atoms with van der Waals surface area (Å²) in [5.41, 5.74) is -0.878. The summed E-state index contributed by atoms with van der Waals surface area (Å²) in [7, 11) is 1.35. The number of nitrogens with zero attached hydrogens (tertiary/aromatic N) is 4. The zero-order valence-electron chi connectivity index (χ0n) is 16.6. The van der Waals surface area contributed by atoms with Crippen molar-refractivity contribution in [3.63, 3.8) is 0 Å². The lowest BCUT2D eigenvalue weighted by Gasteiger charge is -2.11. The predicted molar refractivity (Wildman–Crippen MR) is 105 cm³/mol. The molecule has 0 saturated heterocycles. The number of halogens is 4. The van der Waals surface area contributed by atoms with Crippen molar-refractivity contribution >= 4 is 17.6 Å². The summed E-state index contributed by atoms with van der Waals surface area (Å²) in [5, 5.41) is 15.3. The van der Waals surface area contributed by atoms with Crippen LogP contribution in [-0.4, -0.2) is 37.9 Å². The summed E-state index contributed by atoms with van der Waals surface area (Å²) in [6.45, 7) is 0. The molecule has 33 heavy (non-hydrogen) atoms. The maximum absolute atomic E-state index is 13.8. The smallest absolute Gasteiger partial charge is 0.435 e. The van der Waals surface area contributed by atoms with E-state index in [0.29, 0.717) is 0 Å². The van der Waals surface area contributed by atoms with E-state index in [4.69, 9.17) is 14.3 Å². The first kappa shape index (κ1) is 21.8. The van der Waals surface area contributed by atoms with Gasteiger partial charge in [0.05, 0.1) is 12.7 Å². The number of rotatable bonds is 6. The number of hydrogen-bond acceptors (Lipinski definition) is 7. The number of alkyl halides is 3. The van der Waals surface area contributed by atoms with Crippen LogP contribution in [0.5, 0.6) is 5.75 Å². The molecule has 0 aliphatic rings. The van der Waals surface area contributed by atoms with Gasteiger partial charge in [0.25, 0.3) is 0 Å². The average Bonchev–Trinajstić information content (AvgIpc) is 3.43. The second kappa shape index (κ2) is 8.26. The topological polar surface area (TPSA) is 115 Å². The summed E-state index contributed by atoms with van der Waals surface area (Å²) in [5.74, 6) is -2.36. The Hall–Kier alpha value is -4.42. The molecule has 0 aliphatic heterocycles. The van der Waals surface area contributed by atoms with Crippen LogP contribution in [0.15, 0.2) is 53.2 Å². The molecule has 0 fully saturated rings. The second-order valence-corrected chi connectivity index (χ2v) is 6.55. The Morgan fingerprint density at radius 3 is 2.64 bits per heavy atom. The quantitative estimate of drug-likeness (QED) is 0.401. The molecular formula is C20H13F4N5O4. The van der Waals surface area contributed by atoms with Crippen molar-refractivity contribution < 1.29 is 36.6 Å². The lowest BCUT2D eigenvalue weighted by molar-refractivity contribution is -0.141. The molecule has 3 heterocycles. The van der Waals surface area contributed by atoms with Gasteiger partial charge in [0.1, 0.15) is 17.3 Å². The molecule has 3 aromatic heterocycles. The van der Waals surface area contributed by atoms with Gasteiger partial charge in [-0.2, -0.15) is 23.3 Å².